The van der Waals surface area contributed by atoms with Crippen molar-refractivity contribution >= 4 is 16.7 Å². The maximum absolute atomic E-state index is 12.3. The fourth-order valence-corrected chi connectivity index (χ4v) is 3.52. The number of rotatable bonds is 2. The standard InChI is InChI=1S/C18H20O3/c1-18(17(19)21-3)10-6-9-13-12-7-4-5-8-14(12)16(20-2)11-15(13)18/h4-5,7-8,11H,6,9-10H2,1-3H3. The van der Waals surface area contributed by atoms with Crippen molar-refractivity contribution in [3.05, 3.63) is 41.5 Å². The van der Waals surface area contributed by atoms with Gasteiger partial charge < -0.3 is 9.47 Å². The zero-order chi connectivity index (χ0) is 15.0. The van der Waals surface area contributed by atoms with Crippen LogP contribution in [-0.4, -0.2) is 20.2 Å². The highest BCUT2D eigenvalue weighted by molar-refractivity contribution is 5.95. The number of benzene rings is 2. The molecule has 2 aromatic carbocycles. The fourth-order valence-electron chi connectivity index (χ4n) is 3.52. The van der Waals surface area contributed by atoms with E-state index in [9.17, 15) is 4.79 Å². The van der Waals surface area contributed by atoms with Crippen LogP contribution in [0.3, 0.4) is 0 Å². The zero-order valence-corrected chi connectivity index (χ0v) is 12.7. The average Bonchev–Trinajstić information content (AvgIpc) is 2.53. The summed E-state index contributed by atoms with van der Waals surface area (Å²) in [4.78, 5) is 12.3. The van der Waals surface area contributed by atoms with Crippen LogP contribution in [0.4, 0.5) is 0 Å². The maximum Gasteiger partial charge on any atom is 0.316 e. The summed E-state index contributed by atoms with van der Waals surface area (Å²) in [5, 5.41) is 2.29. The fraction of sp³-hybridized carbons (Fsp3) is 0.389. The Hall–Kier alpha value is -2.03. The number of aryl methyl sites for hydroxylation is 1. The van der Waals surface area contributed by atoms with Crippen molar-refractivity contribution in [1.82, 2.24) is 0 Å². The van der Waals surface area contributed by atoms with Gasteiger partial charge in [0.1, 0.15) is 5.75 Å². The minimum atomic E-state index is -0.584. The van der Waals surface area contributed by atoms with Crippen LogP contribution in [0.2, 0.25) is 0 Å². The highest BCUT2D eigenvalue weighted by atomic mass is 16.5. The average molecular weight is 284 g/mol. The van der Waals surface area contributed by atoms with Crippen LogP contribution in [-0.2, 0) is 21.4 Å². The lowest BCUT2D eigenvalue weighted by atomic mass is 9.70. The first-order valence-corrected chi connectivity index (χ1v) is 7.29. The SMILES string of the molecule is COC(=O)C1(C)CCCc2c1cc(OC)c1ccccc21. The molecule has 0 heterocycles. The normalized spacial score (nSPS) is 20.9. The van der Waals surface area contributed by atoms with E-state index in [1.54, 1.807) is 7.11 Å². The summed E-state index contributed by atoms with van der Waals surface area (Å²) >= 11 is 0. The van der Waals surface area contributed by atoms with Crippen molar-refractivity contribution in [3.63, 3.8) is 0 Å². The van der Waals surface area contributed by atoms with Crippen LogP contribution in [0.15, 0.2) is 30.3 Å². The van der Waals surface area contributed by atoms with Gasteiger partial charge in [-0.05, 0) is 48.8 Å². The molecule has 110 valence electrons. The number of fused-ring (bicyclic) bond motifs is 3. The minimum absolute atomic E-state index is 0.166. The lowest BCUT2D eigenvalue weighted by Crippen LogP contribution is -2.37. The molecule has 1 aliphatic carbocycles. The molecular formula is C18H20O3. The van der Waals surface area contributed by atoms with Gasteiger partial charge in [-0.25, -0.2) is 0 Å². The molecule has 0 amide bonds. The van der Waals surface area contributed by atoms with Crippen LogP contribution in [0.25, 0.3) is 10.8 Å². The van der Waals surface area contributed by atoms with E-state index in [2.05, 4.69) is 12.1 Å². The number of hydrogen-bond donors (Lipinski definition) is 0. The summed E-state index contributed by atoms with van der Waals surface area (Å²) in [7, 11) is 3.13. The van der Waals surface area contributed by atoms with E-state index in [-0.39, 0.29) is 5.97 Å². The Morgan fingerprint density at radius 2 is 1.90 bits per heavy atom. The van der Waals surface area contributed by atoms with Crippen molar-refractivity contribution in [2.75, 3.05) is 14.2 Å². The third-order valence-electron chi connectivity index (χ3n) is 4.67. The summed E-state index contributed by atoms with van der Waals surface area (Å²) in [5.74, 6) is 0.655. The quantitative estimate of drug-likeness (QED) is 0.790. The number of carbonyl (C=O) groups excluding carboxylic acids is 1. The summed E-state index contributed by atoms with van der Waals surface area (Å²) in [5.41, 5.74) is 1.72. The Balaban J connectivity index is 2.34. The molecule has 3 rings (SSSR count). The largest absolute Gasteiger partial charge is 0.496 e. The second-order valence-electron chi connectivity index (χ2n) is 5.83. The summed E-state index contributed by atoms with van der Waals surface area (Å²) in [6.45, 7) is 1.98. The van der Waals surface area contributed by atoms with Crippen molar-refractivity contribution < 1.29 is 14.3 Å². The molecular weight excluding hydrogens is 264 g/mol. The Morgan fingerprint density at radius 1 is 1.19 bits per heavy atom. The topological polar surface area (TPSA) is 35.5 Å². The third-order valence-corrected chi connectivity index (χ3v) is 4.67. The predicted molar refractivity (Wildman–Crippen MR) is 82.8 cm³/mol. The number of ether oxygens (including phenoxy) is 2. The van der Waals surface area contributed by atoms with Crippen molar-refractivity contribution in [2.45, 2.75) is 31.6 Å². The first-order chi connectivity index (χ1) is 10.1. The lowest BCUT2D eigenvalue weighted by Gasteiger charge is -2.34. The third kappa shape index (κ3) is 1.99. The van der Waals surface area contributed by atoms with Crippen molar-refractivity contribution in [2.24, 2.45) is 0 Å². The molecule has 0 aliphatic heterocycles. The molecule has 21 heavy (non-hydrogen) atoms. The Labute approximate surface area is 124 Å². The molecule has 0 saturated carbocycles. The van der Waals surface area contributed by atoms with Gasteiger partial charge in [0.2, 0.25) is 0 Å². The van der Waals surface area contributed by atoms with Gasteiger partial charge >= 0.3 is 5.97 Å². The van der Waals surface area contributed by atoms with Gasteiger partial charge in [0.15, 0.2) is 0 Å². The van der Waals surface area contributed by atoms with Crippen LogP contribution in [0.1, 0.15) is 30.9 Å². The van der Waals surface area contributed by atoms with E-state index >= 15 is 0 Å². The van der Waals surface area contributed by atoms with Gasteiger partial charge in [0.25, 0.3) is 0 Å². The zero-order valence-electron chi connectivity index (χ0n) is 12.7. The predicted octanol–water partition coefficient (Wildman–Crippen LogP) is 3.62. The summed E-state index contributed by atoms with van der Waals surface area (Å²) < 4.78 is 10.6. The summed E-state index contributed by atoms with van der Waals surface area (Å²) in [6.07, 6.45) is 2.80. The second-order valence-corrected chi connectivity index (χ2v) is 5.83. The molecule has 1 unspecified atom stereocenters. The molecule has 0 radical (unpaired) electrons. The molecule has 0 fully saturated rings. The minimum Gasteiger partial charge on any atom is -0.496 e. The van der Waals surface area contributed by atoms with Gasteiger partial charge in [0, 0.05) is 5.39 Å². The monoisotopic (exact) mass is 284 g/mol. The van der Waals surface area contributed by atoms with Gasteiger partial charge in [-0.1, -0.05) is 24.3 Å². The highest BCUT2D eigenvalue weighted by Crippen LogP contribution is 2.44. The van der Waals surface area contributed by atoms with Gasteiger partial charge in [-0.3, -0.25) is 4.79 Å². The molecule has 3 nitrogen and oxygen atoms in total. The Kier molecular flexibility index (Phi) is 3.36. The molecule has 3 heteroatoms. The van der Waals surface area contributed by atoms with Crippen LogP contribution >= 0.6 is 0 Å². The molecule has 1 atom stereocenters. The van der Waals surface area contributed by atoms with E-state index in [1.165, 1.54) is 18.1 Å². The maximum atomic E-state index is 12.3. The Morgan fingerprint density at radius 3 is 2.57 bits per heavy atom. The highest BCUT2D eigenvalue weighted by Gasteiger charge is 2.41. The summed E-state index contributed by atoms with van der Waals surface area (Å²) in [6, 6.07) is 10.2. The molecule has 2 aromatic rings. The number of esters is 1. The first-order valence-electron chi connectivity index (χ1n) is 7.29. The van der Waals surface area contributed by atoms with E-state index in [0.29, 0.717) is 0 Å². The van der Waals surface area contributed by atoms with Crippen LogP contribution in [0, 0.1) is 0 Å². The molecule has 0 spiro atoms. The smallest absolute Gasteiger partial charge is 0.316 e. The number of methoxy groups -OCH3 is 2. The van der Waals surface area contributed by atoms with E-state index in [1.807, 2.05) is 25.1 Å². The van der Waals surface area contributed by atoms with E-state index in [0.717, 1.165) is 36.0 Å². The van der Waals surface area contributed by atoms with E-state index < -0.39 is 5.41 Å². The van der Waals surface area contributed by atoms with E-state index in [4.69, 9.17) is 9.47 Å². The molecule has 0 aromatic heterocycles. The lowest BCUT2D eigenvalue weighted by molar-refractivity contribution is -0.147. The van der Waals surface area contributed by atoms with Crippen LogP contribution in [0.5, 0.6) is 5.75 Å². The van der Waals surface area contributed by atoms with Crippen molar-refractivity contribution in [1.29, 1.82) is 0 Å². The van der Waals surface area contributed by atoms with Crippen molar-refractivity contribution in [3.8, 4) is 5.75 Å². The first kappa shape index (κ1) is 13.9. The number of carbonyl (C=O) groups is 1. The number of hydrogen-bond acceptors (Lipinski definition) is 3. The Bertz CT molecular complexity index is 705. The van der Waals surface area contributed by atoms with Gasteiger partial charge in [-0.15, -0.1) is 0 Å². The molecule has 1 aliphatic rings. The molecule has 0 N–H and O–H groups in total. The van der Waals surface area contributed by atoms with Gasteiger partial charge in [-0.2, -0.15) is 0 Å². The molecule has 0 bridgehead atoms. The van der Waals surface area contributed by atoms with Crippen LogP contribution < -0.4 is 4.74 Å². The molecule has 0 saturated heterocycles. The second kappa shape index (κ2) is 5.06. The van der Waals surface area contributed by atoms with Gasteiger partial charge in [0.05, 0.1) is 19.6 Å².